The number of nitrogens with zero attached hydrogens (tertiary/aromatic N) is 1. The molecule has 0 saturated carbocycles. The Balaban J connectivity index is 1.72. The van der Waals surface area contributed by atoms with Crippen LogP contribution in [0, 0.1) is 6.92 Å². The minimum Gasteiger partial charge on any atom is -0.322 e. The maximum atomic E-state index is 12.4. The molecule has 5 nitrogen and oxygen atoms in total. The Bertz CT molecular complexity index is 1020. The fourth-order valence-corrected chi connectivity index (χ4v) is 4.05. The number of nitrogens with one attached hydrogen (secondary N) is 1. The lowest BCUT2D eigenvalue weighted by Crippen LogP contribution is -2.12. The van der Waals surface area contributed by atoms with Gasteiger partial charge in [-0.05, 0) is 43.3 Å². The number of anilines is 1. The summed E-state index contributed by atoms with van der Waals surface area (Å²) >= 11 is 1.56. The van der Waals surface area contributed by atoms with Crippen molar-refractivity contribution >= 4 is 32.8 Å². The Hall–Kier alpha value is -2.51. The third-order valence-corrected chi connectivity index (χ3v) is 6.62. The lowest BCUT2D eigenvalue weighted by molar-refractivity contribution is 0.102. The van der Waals surface area contributed by atoms with Gasteiger partial charge in [0.25, 0.3) is 5.91 Å². The molecule has 0 aliphatic rings. The molecule has 0 saturated heterocycles. The Morgan fingerprint density at radius 1 is 1.08 bits per heavy atom. The first-order valence-corrected chi connectivity index (χ1v) is 10.6. The van der Waals surface area contributed by atoms with Crippen LogP contribution in [-0.4, -0.2) is 25.1 Å². The number of rotatable bonds is 5. The van der Waals surface area contributed by atoms with Crippen LogP contribution in [0.5, 0.6) is 0 Å². The highest BCUT2D eigenvalue weighted by atomic mass is 32.2. The van der Waals surface area contributed by atoms with E-state index in [0.29, 0.717) is 11.3 Å². The van der Waals surface area contributed by atoms with Gasteiger partial charge in [0, 0.05) is 27.9 Å². The molecule has 0 aliphatic heterocycles. The van der Waals surface area contributed by atoms with Gasteiger partial charge >= 0.3 is 0 Å². The van der Waals surface area contributed by atoms with Gasteiger partial charge in [-0.2, -0.15) is 0 Å². The zero-order valence-corrected chi connectivity index (χ0v) is 16.0. The zero-order chi connectivity index (χ0) is 18.7. The van der Waals surface area contributed by atoms with Crippen LogP contribution in [0.2, 0.25) is 0 Å². The topological polar surface area (TPSA) is 76.1 Å². The lowest BCUT2D eigenvalue weighted by atomic mass is 10.1. The molecule has 26 heavy (non-hydrogen) atoms. The number of aromatic nitrogens is 1. The molecule has 1 N–H and O–H groups in total. The average Bonchev–Trinajstić information content (AvgIpc) is 3.08. The van der Waals surface area contributed by atoms with Crippen LogP contribution in [0.15, 0.2) is 58.8 Å². The predicted molar refractivity (Wildman–Crippen MR) is 104 cm³/mol. The van der Waals surface area contributed by atoms with Crippen LogP contribution in [0.3, 0.4) is 0 Å². The fraction of sp³-hybridized carbons (Fsp3) is 0.158. The smallest absolute Gasteiger partial charge is 0.255 e. The number of carbonyl (C=O) groups is 1. The average molecular weight is 386 g/mol. The second-order valence-corrected chi connectivity index (χ2v) is 8.89. The summed E-state index contributed by atoms with van der Waals surface area (Å²) in [5.41, 5.74) is 3.01. The molecule has 7 heteroatoms. The first-order chi connectivity index (χ1) is 12.4. The normalized spacial score (nSPS) is 11.3. The van der Waals surface area contributed by atoms with E-state index < -0.39 is 9.84 Å². The van der Waals surface area contributed by atoms with Crippen LogP contribution in [0.4, 0.5) is 5.69 Å². The van der Waals surface area contributed by atoms with Gasteiger partial charge < -0.3 is 5.32 Å². The first-order valence-electron chi connectivity index (χ1n) is 8.06. The molecule has 1 aromatic heterocycles. The van der Waals surface area contributed by atoms with Crippen LogP contribution in [0.1, 0.15) is 23.0 Å². The molecule has 0 radical (unpaired) electrons. The summed E-state index contributed by atoms with van der Waals surface area (Å²) in [5.74, 6) is -0.207. The lowest BCUT2D eigenvalue weighted by Gasteiger charge is -2.07. The molecule has 3 aromatic rings. The predicted octanol–water partition coefficient (Wildman–Crippen LogP) is 4.16. The van der Waals surface area contributed by atoms with Crippen molar-refractivity contribution < 1.29 is 13.2 Å². The molecule has 0 bridgehead atoms. The van der Waals surface area contributed by atoms with Crippen LogP contribution in [-0.2, 0) is 9.84 Å². The minimum absolute atomic E-state index is 0.0453. The Labute approximate surface area is 156 Å². The number of thiazole rings is 1. The van der Waals surface area contributed by atoms with Crippen LogP contribution in [0.25, 0.3) is 10.6 Å². The van der Waals surface area contributed by atoms with Crippen molar-refractivity contribution in [1.29, 1.82) is 0 Å². The van der Waals surface area contributed by atoms with Gasteiger partial charge in [0.15, 0.2) is 9.84 Å². The zero-order valence-electron chi connectivity index (χ0n) is 14.4. The Morgan fingerprint density at radius 3 is 2.27 bits per heavy atom. The molecule has 1 amide bonds. The monoisotopic (exact) mass is 386 g/mol. The molecular weight excluding hydrogens is 368 g/mol. The summed E-state index contributed by atoms with van der Waals surface area (Å²) in [6.45, 7) is 3.54. The molecular formula is C19H18N2O3S2. The number of hydrogen-bond acceptors (Lipinski definition) is 5. The highest BCUT2D eigenvalue weighted by Gasteiger charge is 2.12. The van der Waals surface area contributed by atoms with Crippen molar-refractivity contribution in [1.82, 2.24) is 4.98 Å². The van der Waals surface area contributed by atoms with Gasteiger partial charge in [-0.1, -0.05) is 19.1 Å². The summed E-state index contributed by atoms with van der Waals surface area (Å²) in [7, 11) is -3.24. The van der Waals surface area contributed by atoms with Gasteiger partial charge in [-0.3, -0.25) is 4.79 Å². The molecule has 2 aromatic carbocycles. The highest BCUT2D eigenvalue weighted by molar-refractivity contribution is 7.91. The molecule has 1 heterocycles. The summed E-state index contributed by atoms with van der Waals surface area (Å²) in [6.07, 6.45) is 0. The van der Waals surface area contributed by atoms with E-state index in [1.165, 1.54) is 12.1 Å². The van der Waals surface area contributed by atoms with Crippen molar-refractivity contribution in [3.8, 4) is 10.6 Å². The Morgan fingerprint density at radius 2 is 1.73 bits per heavy atom. The quantitative estimate of drug-likeness (QED) is 0.714. The number of hydrogen-bond donors (Lipinski definition) is 1. The molecule has 0 aliphatic carbocycles. The number of sulfone groups is 1. The van der Waals surface area contributed by atoms with Gasteiger partial charge in [-0.15, -0.1) is 11.3 Å². The second-order valence-electron chi connectivity index (χ2n) is 5.75. The maximum Gasteiger partial charge on any atom is 0.255 e. The van der Waals surface area contributed by atoms with E-state index in [4.69, 9.17) is 0 Å². The SMILES string of the molecule is CCS(=O)(=O)c1ccc(NC(=O)c2ccc(-c3nc(C)cs3)cc2)cc1. The van der Waals surface area contributed by atoms with E-state index in [2.05, 4.69) is 10.3 Å². The number of amides is 1. The van der Waals surface area contributed by atoms with Crippen LogP contribution < -0.4 is 5.32 Å². The van der Waals surface area contributed by atoms with Crippen molar-refractivity contribution in [2.45, 2.75) is 18.7 Å². The van der Waals surface area contributed by atoms with E-state index >= 15 is 0 Å². The molecule has 0 spiro atoms. The van der Waals surface area contributed by atoms with Gasteiger partial charge in [-0.25, -0.2) is 13.4 Å². The van der Waals surface area contributed by atoms with E-state index in [0.717, 1.165) is 16.3 Å². The summed E-state index contributed by atoms with van der Waals surface area (Å²) in [4.78, 5) is 17.0. The molecule has 3 rings (SSSR count). The largest absolute Gasteiger partial charge is 0.322 e. The summed E-state index contributed by atoms with van der Waals surface area (Å²) in [5, 5.41) is 5.67. The van der Waals surface area contributed by atoms with Gasteiger partial charge in [0.05, 0.1) is 10.6 Å². The third kappa shape index (κ3) is 4.00. The van der Waals surface area contributed by atoms with Crippen LogP contribution >= 0.6 is 11.3 Å². The van der Waals surface area contributed by atoms with E-state index in [9.17, 15) is 13.2 Å². The number of aryl methyl sites for hydroxylation is 1. The first kappa shape index (κ1) is 18.3. The fourth-order valence-electron chi connectivity index (χ4n) is 2.37. The van der Waals surface area contributed by atoms with E-state index in [1.54, 1.807) is 42.5 Å². The Kier molecular flexibility index (Phi) is 5.20. The molecule has 0 unspecified atom stereocenters. The molecule has 0 fully saturated rings. The third-order valence-electron chi connectivity index (χ3n) is 3.86. The summed E-state index contributed by atoms with van der Waals surface area (Å²) in [6, 6.07) is 13.4. The molecule has 0 atom stereocenters. The second kappa shape index (κ2) is 7.39. The number of benzene rings is 2. The van der Waals surface area contributed by atoms with Crippen molar-refractivity contribution in [2.75, 3.05) is 11.1 Å². The highest BCUT2D eigenvalue weighted by Crippen LogP contribution is 2.24. The van der Waals surface area contributed by atoms with E-state index in [-0.39, 0.29) is 16.6 Å². The van der Waals surface area contributed by atoms with Gasteiger partial charge in [0.1, 0.15) is 5.01 Å². The van der Waals surface area contributed by atoms with Crippen molar-refractivity contribution in [2.24, 2.45) is 0 Å². The maximum absolute atomic E-state index is 12.4. The van der Waals surface area contributed by atoms with Crippen molar-refractivity contribution in [3.05, 3.63) is 65.2 Å². The van der Waals surface area contributed by atoms with Crippen molar-refractivity contribution in [3.63, 3.8) is 0 Å². The number of carbonyl (C=O) groups excluding carboxylic acids is 1. The standard InChI is InChI=1S/C19H18N2O3S2/c1-3-26(23,24)17-10-8-16(9-11-17)21-18(22)14-4-6-15(7-5-14)19-20-13(2)12-25-19/h4-12H,3H2,1-2H3,(H,21,22). The van der Waals surface area contributed by atoms with E-state index in [1.807, 2.05) is 24.4 Å². The minimum atomic E-state index is -3.24. The summed E-state index contributed by atoms with van der Waals surface area (Å²) < 4.78 is 23.6. The molecule has 134 valence electrons. The van der Waals surface area contributed by atoms with Gasteiger partial charge in [0.2, 0.25) is 0 Å².